The first-order valence-corrected chi connectivity index (χ1v) is 6.09. The Kier molecular flexibility index (Phi) is 4.55. The minimum Gasteiger partial charge on any atom is -0.294 e. The van der Waals surface area contributed by atoms with Gasteiger partial charge in [-0.2, -0.15) is 11.8 Å². The highest BCUT2D eigenvalue weighted by atomic mass is 32.2. The van der Waals surface area contributed by atoms with E-state index >= 15 is 0 Å². The molecule has 1 N–H and O–H groups in total. The van der Waals surface area contributed by atoms with Crippen molar-refractivity contribution in [2.45, 2.75) is 25.5 Å². The number of anilines is 1. The van der Waals surface area contributed by atoms with Gasteiger partial charge in [0.1, 0.15) is 0 Å². The quantitative estimate of drug-likeness (QED) is 0.850. The van der Waals surface area contributed by atoms with Gasteiger partial charge in [0.15, 0.2) is 0 Å². The van der Waals surface area contributed by atoms with Crippen LogP contribution in [0.2, 0.25) is 0 Å². The predicted octanol–water partition coefficient (Wildman–Crippen LogP) is 1.87. The van der Waals surface area contributed by atoms with Crippen molar-refractivity contribution in [2.75, 3.05) is 11.6 Å². The average molecular weight is 225 g/mol. The molecule has 1 aromatic rings. The Morgan fingerprint density at radius 3 is 2.93 bits per heavy atom. The number of nitrogens with one attached hydrogen (secondary N) is 1. The molecule has 1 rings (SSSR count). The van der Waals surface area contributed by atoms with E-state index < -0.39 is 0 Å². The van der Waals surface area contributed by atoms with Gasteiger partial charge in [-0.25, -0.2) is 9.97 Å². The maximum Gasteiger partial charge on any atom is 0.239 e. The third-order valence-corrected chi connectivity index (χ3v) is 3.09. The van der Waals surface area contributed by atoms with Crippen molar-refractivity contribution in [2.24, 2.45) is 0 Å². The van der Waals surface area contributed by atoms with Crippen LogP contribution in [0.5, 0.6) is 0 Å². The van der Waals surface area contributed by atoms with Crippen LogP contribution in [0.1, 0.15) is 19.0 Å². The Morgan fingerprint density at radius 2 is 2.40 bits per heavy atom. The lowest BCUT2D eigenvalue weighted by Gasteiger charge is -2.11. The first-order valence-electron chi connectivity index (χ1n) is 4.80. The van der Waals surface area contributed by atoms with Crippen molar-refractivity contribution < 1.29 is 4.79 Å². The zero-order valence-corrected chi connectivity index (χ0v) is 9.97. The highest BCUT2D eigenvalue weighted by Crippen LogP contribution is 2.12. The van der Waals surface area contributed by atoms with Crippen LogP contribution >= 0.6 is 11.8 Å². The molecule has 0 unspecified atom stereocenters. The summed E-state index contributed by atoms with van der Waals surface area (Å²) < 4.78 is 0. The SMILES string of the molecule is CC[C@@H](SC)C(=O)Nc1nccc(C)n1. The molecule has 1 amide bonds. The normalized spacial score (nSPS) is 12.2. The fraction of sp³-hybridized carbons (Fsp3) is 0.500. The molecule has 0 saturated heterocycles. The van der Waals surface area contributed by atoms with Crippen LogP contribution in [-0.4, -0.2) is 27.4 Å². The van der Waals surface area contributed by atoms with Crippen LogP contribution < -0.4 is 5.32 Å². The molecule has 15 heavy (non-hydrogen) atoms. The van der Waals surface area contributed by atoms with Gasteiger partial charge in [0.25, 0.3) is 0 Å². The largest absolute Gasteiger partial charge is 0.294 e. The van der Waals surface area contributed by atoms with Crippen LogP contribution in [-0.2, 0) is 4.79 Å². The van der Waals surface area contributed by atoms with Crippen LogP contribution in [0.25, 0.3) is 0 Å². The molecular weight excluding hydrogens is 210 g/mol. The van der Waals surface area contributed by atoms with E-state index in [-0.39, 0.29) is 11.2 Å². The number of rotatable bonds is 4. The van der Waals surface area contributed by atoms with E-state index in [9.17, 15) is 4.79 Å². The number of nitrogens with zero attached hydrogens (tertiary/aromatic N) is 2. The van der Waals surface area contributed by atoms with Crippen LogP contribution in [0.3, 0.4) is 0 Å². The van der Waals surface area contributed by atoms with Crippen molar-refractivity contribution >= 4 is 23.6 Å². The second-order valence-corrected chi connectivity index (χ2v) is 4.18. The number of thioether (sulfide) groups is 1. The number of carbonyl (C=O) groups is 1. The summed E-state index contributed by atoms with van der Waals surface area (Å²) in [6.45, 7) is 3.85. The predicted molar refractivity (Wildman–Crippen MR) is 63.0 cm³/mol. The number of hydrogen-bond acceptors (Lipinski definition) is 4. The molecule has 0 aliphatic carbocycles. The molecule has 0 aliphatic heterocycles. The minimum absolute atomic E-state index is 0.0319. The van der Waals surface area contributed by atoms with Gasteiger partial charge in [-0.05, 0) is 25.7 Å². The van der Waals surface area contributed by atoms with Gasteiger partial charge in [-0.3, -0.25) is 10.1 Å². The summed E-state index contributed by atoms with van der Waals surface area (Å²) in [5.41, 5.74) is 0.845. The molecule has 0 spiro atoms. The summed E-state index contributed by atoms with van der Waals surface area (Å²) in [5.74, 6) is 0.350. The zero-order valence-electron chi connectivity index (χ0n) is 9.15. The second-order valence-electron chi connectivity index (χ2n) is 3.14. The summed E-state index contributed by atoms with van der Waals surface area (Å²) in [6.07, 6.45) is 4.36. The molecule has 4 nitrogen and oxygen atoms in total. The number of amides is 1. The van der Waals surface area contributed by atoms with Gasteiger partial charge in [-0.15, -0.1) is 0 Å². The Labute approximate surface area is 93.9 Å². The van der Waals surface area contributed by atoms with E-state index in [0.717, 1.165) is 12.1 Å². The molecule has 0 aromatic carbocycles. The Bertz CT molecular complexity index is 339. The molecule has 5 heteroatoms. The molecule has 0 bridgehead atoms. The van der Waals surface area contributed by atoms with E-state index in [1.54, 1.807) is 12.3 Å². The van der Waals surface area contributed by atoms with Crippen molar-refractivity contribution in [3.63, 3.8) is 0 Å². The fourth-order valence-corrected chi connectivity index (χ4v) is 1.77. The maximum absolute atomic E-state index is 11.7. The highest BCUT2D eigenvalue weighted by molar-refractivity contribution is 7.99. The van der Waals surface area contributed by atoms with Crippen molar-refractivity contribution in [1.82, 2.24) is 9.97 Å². The van der Waals surface area contributed by atoms with Crippen LogP contribution in [0, 0.1) is 6.92 Å². The van der Waals surface area contributed by atoms with Gasteiger partial charge in [-0.1, -0.05) is 6.92 Å². The standard InChI is InChI=1S/C10H15N3OS/c1-4-8(15-3)9(14)13-10-11-6-5-7(2)12-10/h5-6,8H,4H2,1-3H3,(H,11,12,13,14)/t8-/m1/s1. The maximum atomic E-state index is 11.7. The molecule has 82 valence electrons. The topological polar surface area (TPSA) is 54.9 Å². The van der Waals surface area contributed by atoms with Gasteiger partial charge in [0.2, 0.25) is 11.9 Å². The molecule has 1 heterocycles. The summed E-state index contributed by atoms with van der Waals surface area (Å²) in [7, 11) is 0. The summed E-state index contributed by atoms with van der Waals surface area (Å²) in [4.78, 5) is 19.8. The molecule has 0 radical (unpaired) electrons. The average Bonchev–Trinajstić information content (AvgIpc) is 2.19. The van der Waals surface area contributed by atoms with E-state index in [1.807, 2.05) is 20.1 Å². The summed E-state index contributed by atoms with van der Waals surface area (Å²) in [5, 5.41) is 2.67. The monoisotopic (exact) mass is 225 g/mol. The first-order chi connectivity index (χ1) is 7.17. The van der Waals surface area contributed by atoms with Crippen molar-refractivity contribution in [1.29, 1.82) is 0 Å². The number of aryl methyl sites for hydroxylation is 1. The zero-order chi connectivity index (χ0) is 11.3. The fourth-order valence-electron chi connectivity index (χ4n) is 1.16. The number of aromatic nitrogens is 2. The van der Waals surface area contributed by atoms with Gasteiger partial charge >= 0.3 is 0 Å². The lowest BCUT2D eigenvalue weighted by atomic mass is 10.3. The summed E-state index contributed by atoms with van der Waals surface area (Å²) in [6, 6.07) is 1.79. The molecular formula is C10H15N3OS. The van der Waals surface area contributed by atoms with Crippen molar-refractivity contribution in [3.8, 4) is 0 Å². The molecule has 0 fully saturated rings. The molecule has 0 aliphatic rings. The third kappa shape index (κ3) is 3.51. The van der Waals surface area contributed by atoms with Crippen LogP contribution in [0.4, 0.5) is 5.95 Å². The highest BCUT2D eigenvalue weighted by Gasteiger charge is 2.15. The van der Waals surface area contributed by atoms with E-state index in [4.69, 9.17) is 0 Å². The van der Waals surface area contributed by atoms with E-state index in [1.165, 1.54) is 11.8 Å². The van der Waals surface area contributed by atoms with E-state index in [0.29, 0.717) is 5.95 Å². The van der Waals surface area contributed by atoms with Gasteiger partial charge in [0, 0.05) is 11.9 Å². The van der Waals surface area contributed by atoms with Crippen LogP contribution in [0.15, 0.2) is 12.3 Å². The lowest BCUT2D eigenvalue weighted by molar-refractivity contribution is -0.115. The third-order valence-electron chi connectivity index (χ3n) is 1.98. The summed E-state index contributed by atoms with van der Waals surface area (Å²) >= 11 is 1.53. The minimum atomic E-state index is -0.0332. The Morgan fingerprint density at radius 1 is 1.67 bits per heavy atom. The second kappa shape index (κ2) is 5.70. The first kappa shape index (κ1) is 12.0. The molecule has 0 saturated carbocycles. The number of carbonyl (C=O) groups excluding carboxylic acids is 1. The van der Waals surface area contributed by atoms with E-state index in [2.05, 4.69) is 15.3 Å². The Balaban J connectivity index is 2.65. The van der Waals surface area contributed by atoms with Crippen molar-refractivity contribution in [3.05, 3.63) is 18.0 Å². The number of hydrogen-bond donors (Lipinski definition) is 1. The van der Waals surface area contributed by atoms with Gasteiger partial charge in [0.05, 0.1) is 5.25 Å². The lowest BCUT2D eigenvalue weighted by Crippen LogP contribution is -2.25. The molecule has 1 aromatic heterocycles. The smallest absolute Gasteiger partial charge is 0.239 e. The Hall–Kier alpha value is -1.10. The molecule has 1 atom stereocenters. The van der Waals surface area contributed by atoms with Gasteiger partial charge < -0.3 is 0 Å².